The molecule has 11 heavy (non-hydrogen) atoms. The Labute approximate surface area is 62.1 Å². The van der Waals surface area contributed by atoms with E-state index in [1.165, 1.54) is 0 Å². The van der Waals surface area contributed by atoms with Crippen LogP contribution in [0.15, 0.2) is 0 Å². The first-order chi connectivity index (χ1) is 5.08. The van der Waals surface area contributed by atoms with Gasteiger partial charge in [0.05, 0.1) is 0 Å². The number of hydrogen-bond acceptors (Lipinski definition) is 3. The van der Waals surface area contributed by atoms with E-state index in [-0.39, 0.29) is 13.1 Å². The van der Waals surface area contributed by atoms with Crippen molar-refractivity contribution in [1.29, 1.82) is 0 Å². The smallest absolute Gasteiger partial charge is 0.314 e. The molecule has 66 valence electrons. The lowest BCUT2D eigenvalue weighted by atomic mass is 10.4. The van der Waals surface area contributed by atoms with Gasteiger partial charge in [0.25, 0.3) is 0 Å². The highest BCUT2D eigenvalue weighted by atomic mass is 19.4. The molecule has 1 fully saturated rings. The van der Waals surface area contributed by atoms with E-state index in [9.17, 15) is 13.2 Å². The minimum atomic E-state index is -4.54. The van der Waals surface area contributed by atoms with Gasteiger partial charge in [0.1, 0.15) is 0 Å². The van der Waals surface area contributed by atoms with E-state index in [0.29, 0.717) is 13.1 Å². The van der Waals surface area contributed by atoms with E-state index >= 15 is 0 Å². The van der Waals surface area contributed by atoms with Crippen molar-refractivity contribution in [1.82, 2.24) is 10.4 Å². The first-order valence-corrected chi connectivity index (χ1v) is 3.29. The Bertz CT molecular complexity index is 121. The summed E-state index contributed by atoms with van der Waals surface area (Å²) in [5, 5.41) is 3.82. The van der Waals surface area contributed by atoms with Gasteiger partial charge < -0.3 is 5.32 Å². The monoisotopic (exact) mass is 170 g/mol. The molecule has 1 rings (SSSR count). The fourth-order valence-corrected chi connectivity index (χ4v) is 0.882. The van der Waals surface area contributed by atoms with E-state index < -0.39 is 6.36 Å². The Morgan fingerprint density at radius 2 is 1.73 bits per heavy atom. The van der Waals surface area contributed by atoms with Crippen LogP contribution in [0.3, 0.4) is 0 Å². The van der Waals surface area contributed by atoms with Gasteiger partial charge in [-0.25, -0.2) is 4.84 Å². The molecule has 1 heterocycles. The van der Waals surface area contributed by atoms with Gasteiger partial charge >= 0.3 is 6.36 Å². The molecular weight excluding hydrogens is 161 g/mol. The summed E-state index contributed by atoms with van der Waals surface area (Å²) in [6.07, 6.45) is -4.54. The van der Waals surface area contributed by atoms with Crippen LogP contribution in [0.2, 0.25) is 0 Å². The van der Waals surface area contributed by atoms with Gasteiger partial charge in [-0.3, -0.25) is 0 Å². The lowest BCUT2D eigenvalue weighted by molar-refractivity contribution is -0.415. The maximum absolute atomic E-state index is 11.6. The van der Waals surface area contributed by atoms with Crippen molar-refractivity contribution in [3.05, 3.63) is 0 Å². The highest BCUT2D eigenvalue weighted by Gasteiger charge is 2.33. The molecule has 0 atom stereocenters. The summed E-state index contributed by atoms with van der Waals surface area (Å²) in [4.78, 5) is 3.67. The fraction of sp³-hybridized carbons (Fsp3) is 1.00. The Balaban J connectivity index is 2.24. The number of nitrogens with zero attached hydrogens (tertiary/aromatic N) is 1. The molecule has 0 saturated carbocycles. The molecule has 0 bridgehead atoms. The topological polar surface area (TPSA) is 24.5 Å². The maximum atomic E-state index is 11.6. The summed E-state index contributed by atoms with van der Waals surface area (Å²) < 4.78 is 34.7. The van der Waals surface area contributed by atoms with E-state index in [2.05, 4.69) is 10.2 Å². The third kappa shape index (κ3) is 3.54. The van der Waals surface area contributed by atoms with Gasteiger partial charge in [-0.05, 0) is 0 Å². The number of nitrogens with one attached hydrogen (secondary N) is 1. The zero-order valence-electron chi connectivity index (χ0n) is 5.82. The number of piperazine rings is 1. The van der Waals surface area contributed by atoms with Gasteiger partial charge in [-0.2, -0.15) is 5.06 Å². The Hall–Kier alpha value is -0.330. The van der Waals surface area contributed by atoms with Crippen molar-refractivity contribution in [3.8, 4) is 0 Å². The van der Waals surface area contributed by atoms with E-state index in [1.54, 1.807) is 0 Å². The van der Waals surface area contributed by atoms with Crippen LogP contribution in [-0.4, -0.2) is 37.6 Å². The lowest BCUT2D eigenvalue weighted by Crippen LogP contribution is -2.45. The first-order valence-electron chi connectivity index (χ1n) is 3.29. The molecule has 0 unspecified atom stereocenters. The highest BCUT2D eigenvalue weighted by Crippen LogP contribution is 2.18. The molecule has 0 aromatic rings. The minimum absolute atomic E-state index is 0.277. The standard InChI is InChI=1S/C5H9F3N2O/c6-5(7,8)11-10-3-1-9-2-4-10/h9H,1-4H2. The van der Waals surface area contributed by atoms with Crippen LogP contribution in [-0.2, 0) is 4.84 Å². The van der Waals surface area contributed by atoms with Crippen molar-refractivity contribution in [2.45, 2.75) is 6.36 Å². The van der Waals surface area contributed by atoms with Crippen LogP contribution in [0.1, 0.15) is 0 Å². The van der Waals surface area contributed by atoms with Gasteiger partial charge in [-0.15, -0.1) is 13.2 Å². The number of hydroxylamine groups is 2. The molecule has 0 aromatic heterocycles. The summed E-state index contributed by atoms with van der Waals surface area (Å²) in [5.41, 5.74) is 0. The summed E-state index contributed by atoms with van der Waals surface area (Å²) in [5.74, 6) is 0. The average Bonchev–Trinajstić information content (AvgIpc) is 1.85. The van der Waals surface area contributed by atoms with Crippen molar-refractivity contribution in [2.24, 2.45) is 0 Å². The van der Waals surface area contributed by atoms with Crippen LogP contribution in [0, 0.1) is 0 Å². The number of halogens is 3. The zero-order valence-corrected chi connectivity index (χ0v) is 5.82. The van der Waals surface area contributed by atoms with Crippen LogP contribution >= 0.6 is 0 Å². The van der Waals surface area contributed by atoms with Gasteiger partial charge in [0.2, 0.25) is 0 Å². The molecule has 6 heteroatoms. The Kier molecular flexibility index (Phi) is 2.69. The molecule has 1 aliphatic rings. The summed E-state index contributed by atoms with van der Waals surface area (Å²) in [6.45, 7) is 1.63. The molecule has 1 saturated heterocycles. The predicted molar refractivity (Wildman–Crippen MR) is 31.6 cm³/mol. The number of hydrogen-bond donors (Lipinski definition) is 1. The molecule has 1 N–H and O–H groups in total. The van der Waals surface area contributed by atoms with Crippen LogP contribution < -0.4 is 5.32 Å². The Morgan fingerprint density at radius 1 is 1.18 bits per heavy atom. The minimum Gasteiger partial charge on any atom is -0.314 e. The number of alkyl halides is 3. The Morgan fingerprint density at radius 3 is 2.18 bits per heavy atom. The second-order valence-electron chi connectivity index (χ2n) is 2.22. The molecule has 0 amide bonds. The van der Waals surface area contributed by atoms with Gasteiger partial charge in [0.15, 0.2) is 0 Å². The third-order valence-corrected chi connectivity index (χ3v) is 1.31. The third-order valence-electron chi connectivity index (χ3n) is 1.31. The van der Waals surface area contributed by atoms with Crippen molar-refractivity contribution < 1.29 is 18.0 Å². The van der Waals surface area contributed by atoms with Crippen LogP contribution in [0.25, 0.3) is 0 Å². The molecule has 0 aromatic carbocycles. The summed E-state index contributed by atoms with van der Waals surface area (Å²) >= 11 is 0. The fourth-order valence-electron chi connectivity index (χ4n) is 0.882. The summed E-state index contributed by atoms with van der Waals surface area (Å²) in [6, 6.07) is 0. The van der Waals surface area contributed by atoms with Gasteiger partial charge in [0, 0.05) is 26.2 Å². The quantitative estimate of drug-likeness (QED) is 0.614. The normalized spacial score (nSPS) is 22.1. The van der Waals surface area contributed by atoms with E-state index in [1.807, 2.05) is 0 Å². The van der Waals surface area contributed by atoms with Crippen molar-refractivity contribution in [2.75, 3.05) is 26.2 Å². The highest BCUT2D eigenvalue weighted by molar-refractivity contribution is 4.60. The van der Waals surface area contributed by atoms with E-state index in [0.717, 1.165) is 5.06 Å². The SMILES string of the molecule is FC(F)(F)ON1CCNCC1. The molecule has 1 aliphatic heterocycles. The molecule has 3 nitrogen and oxygen atoms in total. The number of rotatable bonds is 1. The molecule has 0 radical (unpaired) electrons. The molecular formula is C5H9F3N2O. The molecule has 0 aliphatic carbocycles. The van der Waals surface area contributed by atoms with Crippen molar-refractivity contribution in [3.63, 3.8) is 0 Å². The second kappa shape index (κ2) is 3.38. The lowest BCUT2D eigenvalue weighted by Gasteiger charge is -2.26. The van der Waals surface area contributed by atoms with Crippen LogP contribution in [0.5, 0.6) is 0 Å². The first kappa shape index (κ1) is 8.76. The maximum Gasteiger partial charge on any atom is 0.539 e. The van der Waals surface area contributed by atoms with Crippen molar-refractivity contribution >= 4 is 0 Å². The average molecular weight is 170 g/mol. The second-order valence-corrected chi connectivity index (χ2v) is 2.22. The molecule has 0 spiro atoms. The summed E-state index contributed by atoms with van der Waals surface area (Å²) in [7, 11) is 0. The van der Waals surface area contributed by atoms with E-state index in [4.69, 9.17) is 0 Å². The predicted octanol–water partition coefficient (Wildman–Crippen LogP) is 0.343. The van der Waals surface area contributed by atoms with Crippen LogP contribution in [0.4, 0.5) is 13.2 Å². The van der Waals surface area contributed by atoms with Gasteiger partial charge in [-0.1, -0.05) is 0 Å². The largest absolute Gasteiger partial charge is 0.539 e. The zero-order chi connectivity index (χ0) is 8.32.